The summed E-state index contributed by atoms with van der Waals surface area (Å²) in [5.74, 6) is 0. The van der Waals surface area contributed by atoms with Crippen LogP contribution in [0.4, 0.5) is 4.79 Å². The molecule has 1 amide bonds. The van der Waals surface area contributed by atoms with Gasteiger partial charge in [0.15, 0.2) is 0 Å². The van der Waals surface area contributed by atoms with Crippen LogP contribution in [-0.2, 0) is 9.47 Å². The van der Waals surface area contributed by atoms with Crippen LogP contribution in [0.25, 0.3) is 0 Å². The van der Waals surface area contributed by atoms with E-state index in [1.165, 1.54) is 5.57 Å². The third kappa shape index (κ3) is 5.91. The summed E-state index contributed by atoms with van der Waals surface area (Å²) in [7, 11) is 0. The van der Waals surface area contributed by atoms with E-state index in [2.05, 4.69) is 5.32 Å². The second-order valence-electron chi connectivity index (χ2n) is 5.53. The molecule has 5 heteroatoms. The molecule has 5 nitrogen and oxygen atoms in total. The Morgan fingerprint density at radius 1 is 1.61 bits per heavy atom. The summed E-state index contributed by atoms with van der Waals surface area (Å²) in [6, 6.07) is -0.104. The highest BCUT2D eigenvalue weighted by molar-refractivity contribution is 5.68. The molecule has 0 bridgehead atoms. The summed E-state index contributed by atoms with van der Waals surface area (Å²) in [5.41, 5.74) is 6.36. The van der Waals surface area contributed by atoms with Crippen molar-refractivity contribution in [2.45, 2.75) is 51.7 Å². The van der Waals surface area contributed by atoms with Crippen LogP contribution in [0.15, 0.2) is 11.8 Å². The van der Waals surface area contributed by atoms with Gasteiger partial charge < -0.3 is 20.5 Å². The molecule has 1 aliphatic rings. The first kappa shape index (κ1) is 14.8. The minimum Gasteiger partial charge on any atom is -0.501 e. The van der Waals surface area contributed by atoms with Gasteiger partial charge in [0.05, 0.1) is 12.9 Å². The van der Waals surface area contributed by atoms with E-state index in [-0.39, 0.29) is 6.04 Å². The molecule has 0 saturated carbocycles. The van der Waals surface area contributed by atoms with Crippen LogP contribution in [0.1, 0.15) is 40.0 Å². The molecule has 0 aromatic heterocycles. The lowest BCUT2D eigenvalue weighted by atomic mass is 10.0. The van der Waals surface area contributed by atoms with Gasteiger partial charge in [-0.2, -0.15) is 0 Å². The van der Waals surface area contributed by atoms with Crippen LogP contribution in [0, 0.1) is 0 Å². The number of carbonyl (C=O) groups excluding carboxylic acids is 1. The second kappa shape index (κ2) is 6.64. The zero-order valence-electron chi connectivity index (χ0n) is 11.5. The van der Waals surface area contributed by atoms with Crippen molar-refractivity contribution in [1.82, 2.24) is 5.32 Å². The third-order valence-electron chi connectivity index (χ3n) is 2.52. The van der Waals surface area contributed by atoms with Gasteiger partial charge in [-0.1, -0.05) is 0 Å². The first-order valence-electron chi connectivity index (χ1n) is 6.40. The average molecular weight is 256 g/mol. The van der Waals surface area contributed by atoms with E-state index in [1.807, 2.05) is 20.8 Å². The van der Waals surface area contributed by atoms with Crippen molar-refractivity contribution >= 4 is 6.09 Å². The zero-order chi connectivity index (χ0) is 13.6. The van der Waals surface area contributed by atoms with Crippen LogP contribution in [0.2, 0.25) is 0 Å². The highest BCUT2D eigenvalue weighted by Crippen LogP contribution is 2.17. The van der Waals surface area contributed by atoms with E-state index < -0.39 is 11.7 Å². The van der Waals surface area contributed by atoms with Crippen molar-refractivity contribution in [3.05, 3.63) is 11.8 Å². The van der Waals surface area contributed by atoms with E-state index >= 15 is 0 Å². The summed E-state index contributed by atoms with van der Waals surface area (Å²) in [4.78, 5) is 11.6. The molecular weight excluding hydrogens is 232 g/mol. The summed E-state index contributed by atoms with van der Waals surface area (Å²) >= 11 is 0. The summed E-state index contributed by atoms with van der Waals surface area (Å²) in [5, 5.41) is 2.79. The second-order valence-corrected chi connectivity index (χ2v) is 5.53. The highest BCUT2D eigenvalue weighted by Gasteiger charge is 2.20. The number of amides is 1. The lowest BCUT2D eigenvalue weighted by Crippen LogP contribution is -2.43. The van der Waals surface area contributed by atoms with Crippen LogP contribution >= 0.6 is 0 Å². The van der Waals surface area contributed by atoms with Crippen LogP contribution < -0.4 is 11.1 Å². The van der Waals surface area contributed by atoms with E-state index in [1.54, 1.807) is 6.26 Å². The van der Waals surface area contributed by atoms with E-state index in [9.17, 15) is 4.79 Å². The first-order valence-corrected chi connectivity index (χ1v) is 6.40. The minimum atomic E-state index is -0.490. The Morgan fingerprint density at radius 3 is 2.83 bits per heavy atom. The average Bonchev–Trinajstić information content (AvgIpc) is 2.27. The minimum absolute atomic E-state index is 0.104. The number of alkyl carbamates (subject to hydrolysis) is 1. The normalized spacial score (nSPS) is 17.4. The highest BCUT2D eigenvalue weighted by atomic mass is 16.6. The third-order valence-corrected chi connectivity index (χ3v) is 2.52. The molecule has 1 heterocycles. The molecule has 0 aromatic carbocycles. The van der Waals surface area contributed by atoms with Gasteiger partial charge in [0, 0.05) is 12.6 Å². The molecule has 0 radical (unpaired) electrons. The fourth-order valence-electron chi connectivity index (χ4n) is 1.75. The predicted octanol–water partition coefficient (Wildman–Crippen LogP) is 1.92. The van der Waals surface area contributed by atoms with Gasteiger partial charge in [0.25, 0.3) is 0 Å². The molecule has 0 saturated heterocycles. The Labute approximate surface area is 109 Å². The van der Waals surface area contributed by atoms with Gasteiger partial charge in [-0.15, -0.1) is 0 Å². The maximum absolute atomic E-state index is 11.6. The Hall–Kier alpha value is -1.23. The van der Waals surface area contributed by atoms with Gasteiger partial charge >= 0.3 is 6.09 Å². The Morgan fingerprint density at radius 2 is 2.33 bits per heavy atom. The van der Waals surface area contributed by atoms with E-state index in [4.69, 9.17) is 15.2 Å². The fraction of sp³-hybridized carbons (Fsp3) is 0.769. The Bertz CT molecular complexity index is 308. The molecular formula is C13H24N2O3. The topological polar surface area (TPSA) is 73.6 Å². The van der Waals surface area contributed by atoms with Gasteiger partial charge in [-0.25, -0.2) is 4.79 Å². The van der Waals surface area contributed by atoms with E-state index in [0.717, 1.165) is 25.9 Å². The summed E-state index contributed by atoms with van der Waals surface area (Å²) in [6.45, 7) is 6.66. The summed E-state index contributed by atoms with van der Waals surface area (Å²) in [6.07, 6.45) is 4.11. The van der Waals surface area contributed by atoms with Crippen molar-refractivity contribution in [2.75, 3.05) is 13.2 Å². The number of hydrogen-bond acceptors (Lipinski definition) is 4. The van der Waals surface area contributed by atoms with Crippen LogP contribution in [0.5, 0.6) is 0 Å². The molecule has 0 aromatic rings. The van der Waals surface area contributed by atoms with Crippen molar-refractivity contribution in [1.29, 1.82) is 0 Å². The fourth-order valence-corrected chi connectivity index (χ4v) is 1.75. The van der Waals surface area contributed by atoms with Crippen LogP contribution in [0.3, 0.4) is 0 Å². The van der Waals surface area contributed by atoms with Gasteiger partial charge in [-0.3, -0.25) is 0 Å². The standard InChI is InChI=1S/C13H24N2O3/c1-13(2,3)18-12(16)15-11(8-14)7-10-5-4-6-17-9-10/h9,11H,4-8,14H2,1-3H3,(H,15,16). The monoisotopic (exact) mass is 256 g/mol. The van der Waals surface area contributed by atoms with Gasteiger partial charge in [-0.05, 0) is 45.6 Å². The molecule has 3 N–H and O–H groups in total. The summed E-state index contributed by atoms with van der Waals surface area (Å²) < 4.78 is 10.5. The maximum atomic E-state index is 11.6. The van der Waals surface area contributed by atoms with Crippen molar-refractivity contribution < 1.29 is 14.3 Å². The lowest BCUT2D eigenvalue weighted by Gasteiger charge is -2.24. The molecule has 1 rings (SSSR count). The van der Waals surface area contributed by atoms with Crippen molar-refractivity contribution in [3.8, 4) is 0 Å². The van der Waals surface area contributed by atoms with Gasteiger partial charge in [0.2, 0.25) is 0 Å². The molecule has 0 aliphatic carbocycles. The number of ether oxygens (including phenoxy) is 2. The predicted molar refractivity (Wildman–Crippen MR) is 70.1 cm³/mol. The number of rotatable bonds is 4. The number of carbonyl (C=O) groups is 1. The number of hydrogen-bond donors (Lipinski definition) is 2. The molecule has 0 fully saturated rings. The first-order chi connectivity index (χ1) is 8.40. The quantitative estimate of drug-likeness (QED) is 0.806. The zero-order valence-corrected chi connectivity index (χ0v) is 11.5. The molecule has 0 spiro atoms. The van der Waals surface area contributed by atoms with E-state index in [0.29, 0.717) is 6.54 Å². The van der Waals surface area contributed by atoms with Crippen LogP contribution in [-0.4, -0.2) is 30.9 Å². The number of nitrogens with two attached hydrogens (primary N) is 1. The van der Waals surface area contributed by atoms with Crippen molar-refractivity contribution in [3.63, 3.8) is 0 Å². The molecule has 1 atom stereocenters. The number of nitrogens with one attached hydrogen (secondary N) is 1. The molecule has 1 aliphatic heterocycles. The largest absolute Gasteiger partial charge is 0.501 e. The molecule has 104 valence electrons. The smallest absolute Gasteiger partial charge is 0.407 e. The Kier molecular flexibility index (Phi) is 5.47. The molecule has 18 heavy (non-hydrogen) atoms. The maximum Gasteiger partial charge on any atom is 0.407 e. The molecule has 1 unspecified atom stereocenters. The van der Waals surface area contributed by atoms with Gasteiger partial charge in [0.1, 0.15) is 5.60 Å². The lowest BCUT2D eigenvalue weighted by molar-refractivity contribution is 0.0505. The Balaban J connectivity index is 2.41. The van der Waals surface area contributed by atoms with Crippen molar-refractivity contribution in [2.24, 2.45) is 5.73 Å². The SMILES string of the molecule is CC(C)(C)OC(=O)NC(CN)CC1=COCCC1.